The van der Waals surface area contributed by atoms with E-state index in [9.17, 15) is 63.6 Å². The molecule has 1 fully saturated rings. The number of oxazole rings is 1. The van der Waals surface area contributed by atoms with Crippen molar-refractivity contribution in [1.29, 1.82) is 0 Å². The minimum Gasteiger partial charge on any atom is -0.495 e. The van der Waals surface area contributed by atoms with Crippen molar-refractivity contribution < 1.29 is 91.7 Å². The van der Waals surface area contributed by atoms with Gasteiger partial charge in [-0.15, -0.1) is 0 Å². The van der Waals surface area contributed by atoms with Crippen LogP contribution in [0.25, 0.3) is 44.4 Å². The summed E-state index contributed by atoms with van der Waals surface area (Å²) < 4.78 is 40.2. The van der Waals surface area contributed by atoms with Crippen molar-refractivity contribution >= 4 is 98.0 Å². The van der Waals surface area contributed by atoms with E-state index in [-0.39, 0.29) is 116 Å². The van der Waals surface area contributed by atoms with E-state index >= 15 is 0 Å². The number of primary amides is 2. The summed E-state index contributed by atoms with van der Waals surface area (Å²) in [5, 5.41) is 55.0. The van der Waals surface area contributed by atoms with E-state index in [1.165, 1.54) is 49.4 Å². The maximum absolute atomic E-state index is 14.1. The van der Waals surface area contributed by atoms with E-state index in [0.717, 1.165) is 33.8 Å². The number of aromatic nitrogens is 7. The van der Waals surface area contributed by atoms with Gasteiger partial charge in [-0.25, -0.2) is 24.5 Å². The van der Waals surface area contributed by atoms with E-state index in [1.54, 1.807) is 23.6 Å². The number of pyridine rings is 1. The number of rotatable bonds is 29. The number of aryl methyl sites for hydroxylation is 4. The van der Waals surface area contributed by atoms with Gasteiger partial charge in [0, 0.05) is 100 Å². The van der Waals surface area contributed by atoms with Crippen LogP contribution in [0.15, 0.2) is 89.4 Å². The highest BCUT2D eigenvalue weighted by molar-refractivity contribution is 6.14. The van der Waals surface area contributed by atoms with E-state index in [1.807, 2.05) is 60.4 Å². The SMILES string of the molecule is CCc1nc(C)oc1C(=O)Nc1nc2cc(C(N)=O)cc(OCCCN(C)C(=O)OCc3ccc(O[C@@H]4O[C@H](C(=O)O)[C@@H](O)[C@H](O)[C@H]4O)c(NC(=O)CCNC(=O)CCN4C(=O)C=CC4=O)c3)c2n1C/C=C/Cn1c2nc(-c3cc(C)nn3CC)ccc2c2cc(C(N)=O)cc(OC)c21. The molecule has 0 radical (unpaired) electrons. The first-order valence-corrected chi connectivity index (χ1v) is 31.3. The largest absolute Gasteiger partial charge is 0.495 e. The summed E-state index contributed by atoms with van der Waals surface area (Å²) in [5.74, 6) is -5.63. The lowest BCUT2D eigenvalue weighted by atomic mass is 9.99. The summed E-state index contributed by atoms with van der Waals surface area (Å²) in [6.07, 6.45) is -4.91. The van der Waals surface area contributed by atoms with Crippen LogP contribution in [-0.2, 0) is 66.1 Å². The number of anilines is 2. The molecule has 8 aromatic rings. The van der Waals surface area contributed by atoms with Gasteiger partial charge in [0.05, 0.1) is 53.2 Å². The predicted octanol–water partition coefficient (Wildman–Crippen LogP) is 3.37. The molecule has 0 bridgehead atoms. The topological polar surface area (TPSA) is 455 Å². The van der Waals surface area contributed by atoms with Gasteiger partial charge in [0.2, 0.25) is 41.6 Å². The maximum Gasteiger partial charge on any atom is 0.409 e. The predicted molar refractivity (Wildman–Crippen MR) is 351 cm³/mol. The number of carbonyl (C=O) groups excluding carboxylic acids is 8. The molecule has 33 nitrogen and oxygen atoms in total. The molecular weight excluding hydrogens is 1290 g/mol. The first-order valence-electron chi connectivity index (χ1n) is 31.3. The molecule has 11 N–H and O–H groups in total. The van der Waals surface area contributed by atoms with Gasteiger partial charge >= 0.3 is 12.1 Å². The number of aliphatic hydroxyl groups is 3. The first-order chi connectivity index (χ1) is 47.4. The van der Waals surface area contributed by atoms with Crippen molar-refractivity contribution in [2.24, 2.45) is 11.5 Å². The van der Waals surface area contributed by atoms with Crippen molar-refractivity contribution in [3.05, 3.63) is 125 Å². The van der Waals surface area contributed by atoms with Gasteiger partial charge < -0.3 is 84.7 Å². The van der Waals surface area contributed by atoms with E-state index in [0.29, 0.717) is 52.2 Å². The van der Waals surface area contributed by atoms with E-state index in [2.05, 4.69) is 26.0 Å². The van der Waals surface area contributed by atoms with Gasteiger partial charge in [-0.1, -0.05) is 25.1 Å². The first kappa shape index (κ1) is 70.3. The molecule has 1 saturated heterocycles. The standard InChI is InChI=1S/C66H72N14O19/c1-7-40-57(97-34(4)70-40)62(90)74-65-73-43-29-37(60(68)89)31-47(53(43)79(65)23-10-9-22-78-52-39(28-36(59(67)88)30-46(52)94-6)38-13-14-41(72-61(38)78)44-26-33(3)75-80(44)8-2)95-25-11-21-76(5)66(93)96-32-35-12-15-45(98-64-56(87)54(85)55(86)58(99-64)63(91)92)42(27-35)71-49(82)18-20-69-48(81)19-24-77-50(83)16-17-51(77)84/h9-10,12-17,26-31,54-56,58,64,85-87H,7-8,11,18-25,32H2,1-6H3,(H2,67,88)(H2,68,89)(H,69,81)(H,71,82)(H,91,92)(H,73,74,90)/b10-9+/t54-,55-,56+,58-,64+/m0/s1. The number of carboxylic acid groups (broad SMARTS) is 1. The Labute approximate surface area is 562 Å². The highest BCUT2D eigenvalue weighted by atomic mass is 16.7. The molecule has 0 saturated carbocycles. The smallest absolute Gasteiger partial charge is 0.409 e. The van der Waals surface area contributed by atoms with Crippen molar-refractivity contribution in [1.82, 2.24) is 49.0 Å². The van der Waals surface area contributed by atoms with Crippen LogP contribution in [0.5, 0.6) is 17.2 Å². The summed E-state index contributed by atoms with van der Waals surface area (Å²) in [6, 6.07) is 15.9. The highest BCUT2D eigenvalue weighted by Gasteiger charge is 2.48. The summed E-state index contributed by atoms with van der Waals surface area (Å²) in [4.78, 5) is 131. The number of aliphatic hydroxyl groups excluding tert-OH is 3. The molecule has 2 aliphatic rings. The lowest BCUT2D eigenvalue weighted by Crippen LogP contribution is -2.61. The average Bonchev–Trinajstić information content (AvgIpc) is 1.60. The third-order valence-electron chi connectivity index (χ3n) is 16.2. The Balaban J connectivity index is 0.859. The Morgan fingerprint density at radius 2 is 1.49 bits per heavy atom. The molecule has 0 aliphatic carbocycles. The third-order valence-corrected chi connectivity index (χ3v) is 16.2. The van der Waals surface area contributed by atoms with Crippen LogP contribution < -0.4 is 41.6 Å². The number of amides is 8. The molecule has 0 spiro atoms. The highest BCUT2D eigenvalue weighted by Crippen LogP contribution is 2.38. The number of nitrogens with two attached hydrogens (primary N) is 2. The molecule has 5 atom stereocenters. The Morgan fingerprint density at radius 3 is 2.19 bits per heavy atom. The molecular formula is C66H72N14O19. The minimum absolute atomic E-state index is 0.0261. The number of ether oxygens (including phenoxy) is 5. The number of nitrogens with one attached hydrogen (secondary N) is 3. The molecule has 8 amide bonds. The van der Waals surface area contributed by atoms with Crippen molar-refractivity contribution in [2.75, 3.05) is 51.0 Å². The van der Waals surface area contributed by atoms with Crippen LogP contribution in [-0.4, -0.2) is 189 Å². The fourth-order valence-electron chi connectivity index (χ4n) is 11.3. The zero-order valence-corrected chi connectivity index (χ0v) is 54.5. The summed E-state index contributed by atoms with van der Waals surface area (Å²) in [6.45, 7) is 7.34. The van der Waals surface area contributed by atoms with Crippen LogP contribution in [0.2, 0.25) is 0 Å². The Hall–Kier alpha value is -11.6. The van der Waals surface area contributed by atoms with E-state index in [4.69, 9.17) is 49.5 Å². The number of hydrogen-bond acceptors (Lipinski definition) is 22. The van der Waals surface area contributed by atoms with Crippen LogP contribution >= 0.6 is 0 Å². The monoisotopic (exact) mass is 1360 g/mol. The second-order valence-electron chi connectivity index (χ2n) is 23.1. The van der Waals surface area contributed by atoms with Crippen LogP contribution in [0.1, 0.15) is 87.2 Å². The minimum atomic E-state index is -2.03. The van der Waals surface area contributed by atoms with Crippen LogP contribution in [0, 0.1) is 13.8 Å². The van der Waals surface area contributed by atoms with Crippen molar-refractivity contribution in [3.63, 3.8) is 0 Å². The second-order valence-corrected chi connectivity index (χ2v) is 23.1. The number of fused-ring (bicyclic) bond motifs is 4. The molecule has 520 valence electrons. The number of allylic oxidation sites excluding steroid dienone is 2. The molecule has 3 aromatic carbocycles. The summed E-state index contributed by atoms with van der Waals surface area (Å²) in [7, 11) is 2.95. The molecule has 2 aliphatic heterocycles. The summed E-state index contributed by atoms with van der Waals surface area (Å²) in [5.41, 5.74) is 16.5. The second kappa shape index (κ2) is 30.3. The Bertz CT molecular complexity index is 4550. The number of benzene rings is 3. The Kier molecular flexibility index (Phi) is 21.5. The molecule has 5 aromatic heterocycles. The zero-order valence-electron chi connectivity index (χ0n) is 54.5. The van der Waals surface area contributed by atoms with Gasteiger partial charge in [-0.05, 0) is 86.8 Å². The van der Waals surface area contributed by atoms with Gasteiger partial charge in [0.25, 0.3) is 17.7 Å². The third kappa shape index (κ3) is 15.5. The number of aliphatic carboxylic acids is 1. The quantitative estimate of drug-likeness (QED) is 0.0184. The molecule has 10 rings (SSSR count). The lowest BCUT2D eigenvalue weighted by Gasteiger charge is -2.38. The van der Waals surface area contributed by atoms with Crippen molar-refractivity contribution in [3.8, 4) is 28.6 Å². The normalized spacial score (nSPS) is 16.8. The lowest BCUT2D eigenvalue weighted by molar-refractivity contribution is -0.271. The zero-order chi connectivity index (χ0) is 71.1. The molecule has 0 unspecified atom stereocenters. The number of nitrogens with zero attached hydrogens (tertiary/aromatic N) is 9. The van der Waals surface area contributed by atoms with Gasteiger partial charge in [0.15, 0.2) is 12.0 Å². The van der Waals surface area contributed by atoms with E-state index < -0.39 is 90.7 Å². The molecule has 33 heteroatoms. The number of carboxylic acids is 1. The average molecular weight is 1370 g/mol. The van der Waals surface area contributed by atoms with Crippen LogP contribution in [0.3, 0.4) is 0 Å². The number of imidazole rings is 1. The number of imide groups is 1. The number of hydrogen-bond donors (Lipinski definition) is 9. The van der Waals surface area contributed by atoms with Gasteiger partial charge in [0.1, 0.15) is 53.3 Å². The molecule has 7 heterocycles. The van der Waals surface area contributed by atoms with Crippen molar-refractivity contribution in [2.45, 2.75) is 110 Å². The maximum atomic E-state index is 14.1. The summed E-state index contributed by atoms with van der Waals surface area (Å²) >= 11 is 0. The van der Waals surface area contributed by atoms with Crippen LogP contribution in [0.4, 0.5) is 16.4 Å². The van der Waals surface area contributed by atoms with Gasteiger partial charge in [-0.3, -0.25) is 48.5 Å². The fourth-order valence-corrected chi connectivity index (χ4v) is 11.3. The fraction of sp³-hybridized carbons (Fsp3) is 0.348. The number of methoxy groups -OCH3 is 1. The molecule has 99 heavy (non-hydrogen) atoms. The number of carbonyl (C=O) groups is 9. The van der Waals surface area contributed by atoms with Gasteiger partial charge in [-0.2, -0.15) is 5.10 Å². The Morgan fingerprint density at radius 1 is 0.778 bits per heavy atom.